The highest BCUT2D eigenvalue weighted by atomic mass is 35.5. The number of sulfonamides is 1. The Bertz CT molecular complexity index is 675. The first-order valence-electron chi connectivity index (χ1n) is 8.52. The third-order valence-corrected chi connectivity index (χ3v) is 8.52. The summed E-state index contributed by atoms with van der Waals surface area (Å²) in [5.41, 5.74) is 0. The lowest BCUT2D eigenvalue weighted by molar-refractivity contribution is -0.127. The average Bonchev–Trinajstić information content (AvgIpc) is 3.03. The van der Waals surface area contributed by atoms with Gasteiger partial charge in [0.2, 0.25) is 5.91 Å². The second-order valence-electron chi connectivity index (χ2n) is 6.58. The summed E-state index contributed by atoms with van der Waals surface area (Å²) in [4.78, 5) is 12.4. The van der Waals surface area contributed by atoms with Crippen molar-refractivity contribution in [3.05, 3.63) is 16.5 Å². The molecule has 0 bridgehead atoms. The highest BCUT2D eigenvalue weighted by Crippen LogP contribution is 2.30. The van der Waals surface area contributed by atoms with E-state index < -0.39 is 10.0 Å². The fourth-order valence-electron chi connectivity index (χ4n) is 3.49. The molecule has 0 spiro atoms. The molecule has 1 amide bonds. The van der Waals surface area contributed by atoms with Crippen molar-refractivity contribution in [3.8, 4) is 0 Å². The molecule has 5 nitrogen and oxygen atoms in total. The summed E-state index contributed by atoms with van der Waals surface area (Å²) in [6, 6.07) is 3.45. The molecule has 1 aromatic heterocycles. The van der Waals surface area contributed by atoms with Crippen molar-refractivity contribution in [2.75, 3.05) is 13.1 Å². The second kappa shape index (κ2) is 7.72. The summed E-state index contributed by atoms with van der Waals surface area (Å²) in [6.07, 6.45) is 6.93. The van der Waals surface area contributed by atoms with Crippen LogP contribution in [0.2, 0.25) is 4.34 Å². The molecule has 1 N–H and O–H groups in total. The molecule has 3 rings (SSSR count). The summed E-state index contributed by atoms with van der Waals surface area (Å²) in [7, 11) is -3.48. The molecule has 2 fully saturated rings. The quantitative estimate of drug-likeness (QED) is 0.858. The van der Waals surface area contributed by atoms with Gasteiger partial charge >= 0.3 is 0 Å². The highest BCUT2D eigenvalue weighted by molar-refractivity contribution is 7.91. The van der Waals surface area contributed by atoms with Crippen LogP contribution in [0.3, 0.4) is 0 Å². The standard InChI is InChI=1S/C16H23ClN2O3S2/c17-14-6-7-15(23-14)24(21,22)19-10-8-12(9-11-19)16(20)18-13-4-2-1-3-5-13/h6-7,12-13H,1-5,8-11H2,(H,18,20). The van der Waals surface area contributed by atoms with E-state index in [0.29, 0.717) is 36.3 Å². The van der Waals surface area contributed by atoms with Crippen LogP contribution in [0.25, 0.3) is 0 Å². The molecule has 0 radical (unpaired) electrons. The number of nitrogens with zero attached hydrogens (tertiary/aromatic N) is 1. The van der Waals surface area contributed by atoms with E-state index in [0.717, 1.165) is 24.2 Å². The third kappa shape index (κ3) is 4.12. The van der Waals surface area contributed by atoms with Crippen LogP contribution in [0.1, 0.15) is 44.9 Å². The van der Waals surface area contributed by atoms with E-state index in [1.165, 1.54) is 23.6 Å². The van der Waals surface area contributed by atoms with E-state index in [1.54, 1.807) is 12.1 Å². The Kier molecular flexibility index (Phi) is 5.85. The van der Waals surface area contributed by atoms with Crippen molar-refractivity contribution in [1.82, 2.24) is 9.62 Å². The Morgan fingerprint density at radius 1 is 1.12 bits per heavy atom. The minimum atomic E-state index is -3.48. The molecule has 1 saturated carbocycles. The number of carbonyl (C=O) groups excluding carboxylic acids is 1. The fourth-order valence-corrected chi connectivity index (χ4v) is 6.59. The number of hydrogen-bond acceptors (Lipinski definition) is 4. The fraction of sp³-hybridized carbons (Fsp3) is 0.688. The lowest BCUT2D eigenvalue weighted by atomic mass is 9.93. The van der Waals surface area contributed by atoms with Gasteiger partial charge in [-0.1, -0.05) is 30.9 Å². The molecule has 0 aromatic carbocycles. The Morgan fingerprint density at radius 3 is 2.38 bits per heavy atom. The minimum absolute atomic E-state index is 0.0784. The molecule has 8 heteroatoms. The molecule has 2 aliphatic rings. The predicted molar refractivity (Wildman–Crippen MR) is 95.8 cm³/mol. The summed E-state index contributed by atoms with van der Waals surface area (Å²) >= 11 is 6.92. The molecule has 1 aromatic rings. The van der Waals surface area contributed by atoms with Crippen LogP contribution in [-0.2, 0) is 14.8 Å². The van der Waals surface area contributed by atoms with Gasteiger partial charge in [-0.3, -0.25) is 4.79 Å². The van der Waals surface area contributed by atoms with Gasteiger partial charge in [-0.25, -0.2) is 8.42 Å². The van der Waals surface area contributed by atoms with Crippen LogP contribution in [0.4, 0.5) is 0 Å². The number of rotatable bonds is 4. The molecule has 0 atom stereocenters. The van der Waals surface area contributed by atoms with Crippen molar-refractivity contribution in [2.24, 2.45) is 5.92 Å². The maximum Gasteiger partial charge on any atom is 0.252 e. The van der Waals surface area contributed by atoms with Gasteiger partial charge in [-0.2, -0.15) is 4.31 Å². The molecule has 1 aliphatic carbocycles. The van der Waals surface area contributed by atoms with Crippen LogP contribution in [0, 0.1) is 5.92 Å². The first-order valence-corrected chi connectivity index (χ1v) is 11.2. The van der Waals surface area contributed by atoms with Crippen LogP contribution < -0.4 is 5.32 Å². The monoisotopic (exact) mass is 390 g/mol. The Morgan fingerprint density at radius 2 is 1.79 bits per heavy atom. The van der Waals surface area contributed by atoms with Crippen molar-refractivity contribution in [2.45, 2.75) is 55.2 Å². The van der Waals surface area contributed by atoms with Crippen molar-refractivity contribution >= 4 is 38.9 Å². The van der Waals surface area contributed by atoms with Crippen molar-refractivity contribution < 1.29 is 13.2 Å². The van der Waals surface area contributed by atoms with Crippen LogP contribution >= 0.6 is 22.9 Å². The second-order valence-corrected chi connectivity index (χ2v) is 10.5. The first-order chi connectivity index (χ1) is 11.5. The van der Waals surface area contributed by atoms with E-state index in [4.69, 9.17) is 11.6 Å². The summed E-state index contributed by atoms with van der Waals surface area (Å²) in [6.45, 7) is 0.779. The maximum absolute atomic E-state index is 12.6. The van der Waals surface area contributed by atoms with E-state index in [9.17, 15) is 13.2 Å². The van der Waals surface area contributed by atoms with Crippen LogP contribution in [0.15, 0.2) is 16.3 Å². The average molecular weight is 391 g/mol. The van der Waals surface area contributed by atoms with Gasteiger partial charge in [-0.15, -0.1) is 11.3 Å². The Hall–Kier alpha value is -0.630. The van der Waals surface area contributed by atoms with Crippen molar-refractivity contribution in [1.29, 1.82) is 0 Å². The topological polar surface area (TPSA) is 66.5 Å². The molecule has 0 unspecified atom stereocenters. The zero-order chi connectivity index (χ0) is 17.2. The maximum atomic E-state index is 12.6. The van der Waals surface area contributed by atoms with Gasteiger partial charge in [-0.05, 0) is 37.8 Å². The van der Waals surface area contributed by atoms with Gasteiger partial charge in [0.25, 0.3) is 10.0 Å². The molecular weight excluding hydrogens is 368 g/mol. The number of halogens is 1. The summed E-state index contributed by atoms with van der Waals surface area (Å²) in [5, 5.41) is 3.15. The van der Waals surface area contributed by atoms with Gasteiger partial charge in [0.1, 0.15) is 4.21 Å². The number of nitrogens with one attached hydrogen (secondary N) is 1. The first kappa shape index (κ1) is 18.2. The van der Waals surface area contributed by atoms with E-state index in [2.05, 4.69) is 5.32 Å². The lowest BCUT2D eigenvalue weighted by Gasteiger charge is -2.31. The number of amides is 1. The van der Waals surface area contributed by atoms with Crippen LogP contribution in [-0.4, -0.2) is 37.8 Å². The molecule has 1 aliphatic heterocycles. The smallest absolute Gasteiger partial charge is 0.252 e. The Balaban J connectivity index is 1.54. The molecule has 24 heavy (non-hydrogen) atoms. The molecular formula is C16H23ClN2O3S2. The van der Waals surface area contributed by atoms with Gasteiger partial charge < -0.3 is 5.32 Å². The number of carbonyl (C=O) groups is 1. The molecule has 134 valence electrons. The van der Waals surface area contributed by atoms with E-state index in [-0.39, 0.29) is 16.0 Å². The molecule has 2 heterocycles. The summed E-state index contributed by atoms with van der Waals surface area (Å²) in [5.74, 6) is 0.0171. The molecule has 1 saturated heterocycles. The normalized spacial score (nSPS) is 21.7. The number of hydrogen-bond donors (Lipinski definition) is 1. The van der Waals surface area contributed by atoms with E-state index >= 15 is 0 Å². The zero-order valence-corrected chi connectivity index (χ0v) is 15.9. The van der Waals surface area contributed by atoms with Gasteiger partial charge in [0.05, 0.1) is 4.34 Å². The Labute approximate surface area is 152 Å². The van der Waals surface area contributed by atoms with E-state index in [1.807, 2.05) is 0 Å². The zero-order valence-electron chi connectivity index (χ0n) is 13.5. The number of thiophene rings is 1. The SMILES string of the molecule is O=C(NC1CCCCC1)C1CCN(S(=O)(=O)c2ccc(Cl)s2)CC1. The van der Waals surface area contributed by atoms with Gasteiger partial charge in [0.15, 0.2) is 0 Å². The minimum Gasteiger partial charge on any atom is -0.353 e. The van der Waals surface area contributed by atoms with Crippen LogP contribution in [0.5, 0.6) is 0 Å². The third-order valence-electron chi connectivity index (χ3n) is 4.92. The highest BCUT2D eigenvalue weighted by Gasteiger charge is 2.33. The lowest BCUT2D eigenvalue weighted by Crippen LogP contribution is -2.45. The number of piperidine rings is 1. The van der Waals surface area contributed by atoms with Crippen molar-refractivity contribution in [3.63, 3.8) is 0 Å². The largest absolute Gasteiger partial charge is 0.353 e. The predicted octanol–water partition coefficient (Wildman–Crippen LogP) is 3.25. The van der Waals surface area contributed by atoms with Gasteiger partial charge in [0, 0.05) is 25.0 Å². The summed E-state index contributed by atoms with van der Waals surface area (Å²) < 4.78 is 27.4.